The second kappa shape index (κ2) is 6.20. The topological polar surface area (TPSA) is 12.0 Å². The molecule has 0 amide bonds. The number of benzene rings is 1. The lowest BCUT2D eigenvalue weighted by atomic mass is 10.2. The van der Waals surface area contributed by atoms with E-state index in [0.29, 0.717) is 0 Å². The van der Waals surface area contributed by atoms with Gasteiger partial charge in [-0.1, -0.05) is 6.07 Å². The summed E-state index contributed by atoms with van der Waals surface area (Å²) in [7, 11) is 0. The van der Waals surface area contributed by atoms with Crippen molar-refractivity contribution in [2.75, 3.05) is 12.3 Å². The highest BCUT2D eigenvalue weighted by atomic mass is 32.2. The Morgan fingerprint density at radius 3 is 2.47 bits per heavy atom. The lowest BCUT2D eigenvalue weighted by Crippen LogP contribution is -2.19. The molecule has 0 saturated carbocycles. The molecular weight excluding hydrogens is 261 g/mol. The molecule has 1 rings (SSSR count). The Labute approximate surface area is 99.4 Å². The molecule has 0 unspecified atom stereocenters. The molecule has 0 atom stereocenters. The van der Waals surface area contributed by atoms with Crippen LogP contribution in [-0.2, 0) is 6.54 Å². The fraction of sp³-hybridized carbons (Fsp3) is 0.400. The van der Waals surface area contributed by atoms with Crippen molar-refractivity contribution in [1.82, 2.24) is 5.32 Å². The Morgan fingerprint density at radius 2 is 1.88 bits per heavy atom. The van der Waals surface area contributed by atoms with Gasteiger partial charge in [0.15, 0.2) is 0 Å². The normalized spacial score (nSPS) is 11.8. The first kappa shape index (κ1) is 14.2. The van der Waals surface area contributed by atoms with Gasteiger partial charge in [-0.25, -0.2) is 8.78 Å². The molecule has 0 heterocycles. The lowest BCUT2D eigenvalue weighted by molar-refractivity contribution is -0.0327. The molecule has 96 valence electrons. The van der Waals surface area contributed by atoms with E-state index in [1.54, 1.807) is 0 Å². The Morgan fingerprint density at radius 1 is 1.18 bits per heavy atom. The van der Waals surface area contributed by atoms with Crippen LogP contribution in [0.2, 0.25) is 0 Å². The smallest absolute Gasteiger partial charge is 0.312 e. The highest BCUT2D eigenvalue weighted by Gasteiger charge is 2.27. The van der Waals surface area contributed by atoms with E-state index in [4.69, 9.17) is 0 Å². The summed E-state index contributed by atoms with van der Waals surface area (Å²) in [4.78, 5) is 0. The van der Waals surface area contributed by atoms with Crippen LogP contribution < -0.4 is 5.32 Å². The van der Waals surface area contributed by atoms with Crippen LogP contribution in [0.3, 0.4) is 0 Å². The van der Waals surface area contributed by atoms with Crippen molar-refractivity contribution >= 4 is 11.8 Å². The zero-order valence-electron chi connectivity index (χ0n) is 8.65. The molecule has 0 aliphatic rings. The number of nitrogens with one attached hydrogen (secondary N) is 1. The van der Waals surface area contributed by atoms with Gasteiger partial charge in [-0.05, 0) is 17.8 Å². The van der Waals surface area contributed by atoms with Gasteiger partial charge >= 0.3 is 5.51 Å². The number of hydrogen-bond donors (Lipinski definition) is 1. The Bertz CT molecular complexity index is 366. The van der Waals surface area contributed by atoms with Crippen molar-refractivity contribution in [3.8, 4) is 0 Å². The number of hydrogen-bond acceptors (Lipinski definition) is 2. The minimum absolute atomic E-state index is 0.0739. The molecule has 17 heavy (non-hydrogen) atoms. The van der Waals surface area contributed by atoms with Crippen LogP contribution in [-0.4, -0.2) is 17.8 Å². The zero-order chi connectivity index (χ0) is 12.9. The highest BCUT2D eigenvalue weighted by Crippen LogP contribution is 2.29. The molecule has 0 spiro atoms. The standard InChI is InChI=1S/C10H10F5NS/c11-8-2-1-7(9(12)5-8)6-16-3-4-17-10(13,14)15/h1-2,5,16H,3-4,6H2. The third kappa shape index (κ3) is 5.88. The Hall–Kier alpha value is -0.820. The maximum Gasteiger partial charge on any atom is 0.441 e. The molecule has 0 aromatic heterocycles. The molecule has 0 fully saturated rings. The van der Waals surface area contributed by atoms with E-state index in [1.807, 2.05) is 0 Å². The average Bonchev–Trinajstić information content (AvgIpc) is 2.18. The van der Waals surface area contributed by atoms with Gasteiger partial charge in [-0.3, -0.25) is 0 Å². The zero-order valence-corrected chi connectivity index (χ0v) is 9.47. The Kier molecular flexibility index (Phi) is 5.20. The van der Waals surface area contributed by atoms with Crippen molar-refractivity contribution in [1.29, 1.82) is 0 Å². The predicted molar refractivity (Wildman–Crippen MR) is 56.6 cm³/mol. The van der Waals surface area contributed by atoms with Crippen molar-refractivity contribution < 1.29 is 22.0 Å². The van der Waals surface area contributed by atoms with E-state index in [-0.39, 0.29) is 36.2 Å². The maximum atomic E-state index is 13.1. The minimum Gasteiger partial charge on any atom is -0.312 e. The van der Waals surface area contributed by atoms with Crippen LogP contribution in [0.25, 0.3) is 0 Å². The van der Waals surface area contributed by atoms with Gasteiger partial charge in [0.25, 0.3) is 0 Å². The van der Waals surface area contributed by atoms with Gasteiger partial charge in [-0.2, -0.15) is 13.2 Å². The molecular formula is C10H10F5NS. The predicted octanol–water partition coefficient (Wildman–Crippen LogP) is 3.31. The first-order chi connectivity index (χ1) is 7.88. The molecule has 7 heteroatoms. The average molecular weight is 271 g/mol. The van der Waals surface area contributed by atoms with E-state index in [9.17, 15) is 22.0 Å². The van der Waals surface area contributed by atoms with Gasteiger partial charge in [0.05, 0.1) is 0 Å². The van der Waals surface area contributed by atoms with Crippen molar-refractivity contribution in [3.63, 3.8) is 0 Å². The summed E-state index contributed by atoms with van der Waals surface area (Å²) in [6.45, 7) is 0.172. The molecule has 0 radical (unpaired) electrons. The quantitative estimate of drug-likeness (QED) is 0.651. The van der Waals surface area contributed by atoms with Gasteiger partial charge in [0.1, 0.15) is 11.6 Å². The van der Waals surface area contributed by atoms with E-state index in [0.717, 1.165) is 12.1 Å². The maximum absolute atomic E-state index is 13.1. The van der Waals surface area contributed by atoms with Crippen LogP contribution in [0.15, 0.2) is 18.2 Å². The van der Waals surface area contributed by atoms with E-state index in [1.165, 1.54) is 6.07 Å². The fourth-order valence-corrected chi connectivity index (χ4v) is 1.60. The fourth-order valence-electron chi connectivity index (χ4n) is 1.13. The second-order valence-corrected chi connectivity index (χ2v) is 4.37. The number of thioether (sulfide) groups is 1. The lowest BCUT2D eigenvalue weighted by Gasteiger charge is -2.07. The second-order valence-electron chi connectivity index (χ2n) is 3.21. The van der Waals surface area contributed by atoms with Crippen LogP contribution in [0.1, 0.15) is 5.56 Å². The first-order valence-corrected chi connectivity index (χ1v) is 5.72. The molecule has 1 nitrogen and oxygen atoms in total. The molecule has 0 aliphatic carbocycles. The van der Waals surface area contributed by atoms with Crippen LogP contribution in [0.4, 0.5) is 22.0 Å². The Balaban J connectivity index is 2.27. The largest absolute Gasteiger partial charge is 0.441 e. The third-order valence-corrected chi connectivity index (χ3v) is 2.61. The molecule has 1 N–H and O–H groups in total. The summed E-state index contributed by atoms with van der Waals surface area (Å²) in [5, 5.41) is 2.65. The van der Waals surface area contributed by atoms with Gasteiger partial charge < -0.3 is 5.32 Å². The van der Waals surface area contributed by atoms with Gasteiger partial charge in [-0.15, -0.1) is 0 Å². The van der Waals surface area contributed by atoms with Gasteiger partial charge in [0.2, 0.25) is 0 Å². The minimum atomic E-state index is -4.25. The number of halogens is 5. The molecule has 0 aliphatic heterocycles. The molecule has 1 aromatic carbocycles. The summed E-state index contributed by atoms with van der Waals surface area (Å²) in [6, 6.07) is 3.10. The number of alkyl halides is 3. The molecule has 0 saturated heterocycles. The molecule has 1 aromatic rings. The van der Waals surface area contributed by atoms with Crippen molar-refractivity contribution in [2.45, 2.75) is 12.1 Å². The summed E-state index contributed by atoms with van der Waals surface area (Å²) >= 11 is -0.141. The van der Waals surface area contributed by atoms with Crippen LogP contribution in [0.5, 0.6) is 0 Å². The SMILES string of the molecule is Fc1ccc(CNCCSC(F)(F)F)c(F)c1. The molecule has 0 bridgehead atoms. The monoisotopic (exact) mass is 271 g/mol. The van der Waals surface area contributed by atoms with Crippen molar-refractivity contribution in [2.24, 2.45) is 0 Å². The van der Waals surface area contributed by atoms with Crippen molar-refractivity contribution in [3.05, 3.63) is 35.4 Å². The van der Waals surface area contributed by atoms with E-state index in [2.05, 4.69) is 5.32 Å². The third-order valence-electron chi connectivity index (χ3n) is 1.88. The highest BCUT2D eigenvalue weighted by molar-refractivity contribution is 8.00. The van der Waals surface area contributed by atoms with Crippen LogP contribution >= 0.6 is 11.8 Å². The summed E-state index contributed by atoms with van der Waals surface area (Å²) in [5.74, 6) is -1.54. The summed E-state index contributed by atoms with van der Waals surface area (Å²) in [6.07, 6.45) is 0. The van der Waals surface area contributed by atoms with E-state index >= 15 is 0 Å². The summed E-state index contributed by atoms with van der Waals surface area (Å²) in [5.41, 5.74) is -4.02. The summed E-state index contributed by atoms with van der Waals surface area (Å²) < 4.78 is 60.9. The number of rotatable bonds is 5. The van der Waals surface area contributed by atoms with Crippen LogP contribution in [0, 0.1) is 11.6 Å². The van der Waals surface area contributed by atoms with Gasteiger partial charge in [0, 0.05) is 30.5 Å². The van der Waals surface area contributed by atoms with E-state index < -0.39 is 17.1 Å². The first-order valence-electron chi connectivity index (χ1n) is 4.74.